The monoisotopic (exact) mass is 378 g/mol. The van der Waals surface area contributed by atoms with E-state index in [0.29, 0.717) is 0 Å². The van der Waals surface area contributed by atoms with E-state index in [9.17, 15) is 0 Å². The molecule has 0 saturated heterocycles. The summed E-state index contributed by atoms with van der Waals surface area (Å²) in [6.45, 7) is 3.01. The second kappa shape index (κ2) is 11.2. The molecule has 3 heteroatoms. The van der Waals surface area contributed by atoms with Gasteiger partial charge in [0.2, 0.25) is 0 Å². The van der Waals surface area contributed by atoms with E-state index >= 15 is 0 Å². The van der Waals surface area contributed by atoms with Crippen LogP contribution < -0.4 is 11.1 Å². The molecule has 0 spiro atoms. The number of rotatable bonds is 9. The molecule has 3 N–H and O–H groups in total. The van der Waals surface area contributed by atoms with Gasteiger partial charge in [-0.05, 0) is 29.6 Å². The SMILES string of the molecule is NCCNCCC[Si](C1CCCCC1)(C1CCCCC1)C1CCCCC1. The highest BCUT2D eigenvalue weighted by molar-refractivity contribution is 6.84. The van der Waals surface area contributed by atoms with Crippen LogP contribution in [0.4, 0.5) is 0 Å². The Morgan fingerprint density at radius 2 is 1.04 bits per heavy atom. The fourth-order valence-corrected chi connectivity index (χ4v) is 15.7. The maximum Gasteiger partial charge on any atom is 0.0629 e. The molecule has 0 aliphatic heterocycles. The van der Waals surface area contributed by atoms with E-state index in [2.05, 4.69) is 5.32 Å². The molecule has 3 rings (SSSR count). The average Bonchev–Trinajstić information content (AvgIpc) is 2.73. The summed E-state index contributed by atoms with van der Waals surface area (Å²) in [6.07, 6.45) is 24.9. The molecule has 2 nitrogen and oxygen atoms in total. The number of hydrogen-bond donors (Lipinski definition) is 2. The first kappa shape index (κ1) is 20.9. The smallest absolute Gasteiger partial charge is 0.0629 e. The molecule has 3 saturated carbocycles. The quantitative estimate of drug-likeness (QED) is 0.361. The minimum atomic E-state index is -1.22. The van der Waals surface area contributed by atoms with Crippen LogP contribution in [0.2, 0.25) is 22.7 Å². The van der Waals surface area contributed by atoms with Crippen LogP contribution in [-0.2, 0) is 0 Å². The first-order valence-electron chi connectivity index (χ1n) is 12.3. The lowest BCUT2D eigenvalue weighted by Gasteiger charge is -2.54. The van der Waals surface area contributed by atoms with Gasteiger partial charge in [-0.15, -0.1) is 0 Å². The maximum atomic E-state index is 5.69. The molecule has 3 aliphatic rings. The zero-order chi connectivity index (χ0) is 18.1. The Morgan fingerprint density at radius 3 is 1.42 bits per heavy atom. The van der Waals surface area contributed by atoms with Crippen molar-refractivity contribution in [1.82, 2.24) is 5.32 Å². The Labute approximate surface area is 164 Å². The first-order valence-corrected chi connectivity index (χ1v) is 14.7. The molecule has 0 aromatic heterocycles. The fraction of sp³-hybridized carbons (Fsp3) is 1.00. The topological polar surface area (TPSA) is 38.0 Å². The van der Waals surface area contributed by atoms with E-state index in [1.807, 2.05) is 0 Å². The number of hydrogen-bond acceptors (Lipinski definition) is 2. The molecule has 152 valence electrons. The van der Waals surface area contributed by atoms with Gasteiger partial charge >= 0.3 is 0 Å². The van der Waals surface area contributed by atoms with Gasteiger partial charge < -0.3 is 11.1 Å². The Bertz CT molecular complexity index is 323. The molecule has 3 aliphatic carbocycles. The van der Waals surface area contributed by atoms with Crippen molar-refractivity contribution in [2.24, 2.45) is 5.73 Å². The van der Waals surface area contributed by atoms with Crippen molar-refractivity contribution >= 4 is 8.07 Å². The standard InChI is InChI=1S/C23H46N2Si/c24-17-19-25-18-10-20-26(21-11-4-1-5-12-21,22-13-6-2-7-14-22)23-15-8-3-9-16-23/h21-23,25H,1-20,24H2. The van der Waals surface area contributed by atoms with Crippen LogP contribution >= 0.6 is 0 Å². The van der Waals surface area contributed by atoms with Gasteiger partial charge in [-0.25, -0.2) is 0 Å². The van der Waals surface area contributed by atoms with Gasteiger partial charge in [-0.1, -0.05) is 102 Å². The first-order chi connectivity index (χ1) is 12.9. The summed E-state index contributed by atoms with van der Waals surface area (Å²) < 4.78 is 0. The second-order valence-corrected chi connectivity index (χ2v) is 14.9. The van der Waals surface area contributed by atoms with Crippen LogP contribution in [-0.4, -0.2) is 27.7 Å². The summed E-state index contributed by atoms with van der Waals surface area (Å²) in [5.41, 5.74) is 9.23. The van der Waals surface area contributed by atoms with Crippen molar-refractivity contribution in [2.75, 3.05) is 19.6 Å². The molecule has 0 aromatic rings. The summed E-state index contributed by atoms with van der Waals surface area (Å²) in [7, 11) is -1.22. The Balaban J connectivity index is 1.78. The highest BCUT2D eigenvalue weighted by Crippen LogP contribution is 2.58. The molecule has 0 unspecified atom stereocenters. The zero-order valence-corrected chi connectivity index (χ0v) is 18.5. The third-order valence-corrected chi connectivity index (χ3v) is 15.9. The highest BCUT2D eigenvalue weighted by Gasteiger charge is 2.51. The average molecular weight is 379 g/mol. The van der Waals surface area contributed by atoms with Gasteiger partial charge in [0.15, 0.2) is 0 Å². The third-order valence-electron chi connectivity index (χ3n) is 8.38. The maximum absolute atomic E-state index is 5.69. The van der Waals surface area contributed by atoms with Crippen molar-refractivity contribution < 1.29 is 0 Å². The van der Waals surface area contributed by atoms with Crippen molar-refractivity contribution in [1.29, 1.82) is 0 Å². The summed E-state index contributed by atoms with van der Waals surface area (Å²) >= 11 is 0. The van der Waals surface area contributed by atoms with E-state index in [1.165, 1.54) is 48.9 Å². The lowest BCUT2D eigenvalue weighted by atomic mass is 9.98. The van der Waals surface area contributed by atoms with Crippen molar-refractivity contribution in [3.63, 3.8) is 0 Å². The highest BCUT2D eigenvalue weighted by atomic mass is 28.3. The molecule has 0 atom stereocenters. The molecule has 0 radical (unpaired) electrons. The van der Waals surface area contributed by atoms with Gasteiger partial charge in [0, 0.05) is 13.1 Å². The fourth-order valence-electron chi connectivity index (χ4n) is 7.28. The lowest BCUT2D eigenvalue weighted by molar-refractivity contribution is 0.411. The Kier molecular flexibility index (Phi) is 9.00. The molecular formula is C23H46N2Si. The van der Waals surface area contributed by atoms with Gasteiger partial charge in [-0.3, -0.25) is 0 Å². The molecule has 0 aromatic carbocycles. The van der Waals surface area contributed by atoms with Crippen LogP contribution in [0.25, 0.3) is 0 Å². The van der Waals surface area contributed by atoms with Crippen molar-refractivity contribution in [3.8, 4) is 0 Å². The van der Waals surface area contributed by atoms with Crippen LogP contribution in [0, 0.1) is 0 Å². The summed E-state index contributed by atoms with van der Waals surface area (Å²) in [4.78, 5) is 0. The predicted molar refractivity (Wildman–Crippen MR) is 118 cm³/mol. The van der Waals surface area contributed by atoms with Crippen molar-refractivity contribution in [3.05, 3.63) is 0 Å². The number of nitrogens with one attached hydrogen (secondary N) is 1. The molecule has 0 bridgehead atoms. The Morgan fingerprint density at radius 1 is 0.615 bits per heavy atom. The molecular weight excluding hydrogens is 332 g/mol. The summed E-state index contributed by atoms with van der Waals surface area (Å²) in [5, 5.41) is 3.61. The molecule has 0 heterocycles. The van der Waals surface area contributed by atoms with Gasteiger partial charge in [0.25, 0.3) is 0 Å². The van der Waals surface area contributed by atoms with E-state index in [4.69, 9.17) is 5.73 Å². The van der Waals surface area contributed by atoms with E-state index in [-0.39, 0.29) is 0 Å². The summed E-state index contributed by atoms with van der Waals surface area (Å²) in [5.74, 6) is 0. The molecule has 3 fully saturated rings. The van der Waals surface area contributed by atoms with E-state index in [0.717, 1.165) is 13.1 Å². The largest absolute Gasteiger partial charge is 0.329 e. The zero-order valence-electron chi connectivity index (χ0n) is 17.5. The van der Waals surface area contributed by atoms with Crippen LogP contribution in [0.15, 0.2) is 0 Å². The van der Waals surface area contributed by atoms with Gasteiger partial charge in [0.05, 0.1) is 8.07 Å². The molecule has 26 heavy (non-hydrogen) atoms. The second-order valence-electron chi connectivity index (χ2n) is 9.76. The minimum Gasteiger partial charge on any atom is -0.329 e. The van der Waals surface area contributed by atoms with Crippen molar-refractivity contribution in [2.45, 2.75) is 125 Å². The van der Waals surface area contributed by atoms with E-state index < -0.39 is 8.07 Å². The third kappa shape index (κ3) is 5.14. The lowest BCUT2D eigenvalue weighted by Crippen LogP contribution is -2.51. The van der Waals surface area contributed by atoms with Gasteiger partial charge in [0.1, 0.15) is 0 Å². The van der Waals surface area contributed by atoms with Gasteiger partial charge in [-0.2, -0.15) is 0 Å². The minimum absolute atomic E-state index is 0.788. The van der Waals surface area contributed by atoms with E-state index in [1.54, 1.807) is 83.1 Å². The van der Waals surface area contributed by atoms with Crippen LogP contribution in [0.1, 0.15) is 103 Å². The molecule has 0 amide bonds. The van der Waals surface area contributed by atoms with Crippen LogP contribution in [0.5, 0.6) is 0 Å². The Hall–Kier alpha value is 0.137. The van der Waals surface area contributed by atoms with Crippen LogP contribution in [0.3, 0.4) is 0 Å². The normalized spacial score (nSPS) is 24.8. The summed E-state index contributed by atoms with van der Waals surface area (Å²) in [6, 6.07) is 1.64. The number of nitrogens with two attached hydrogens (primary N) is 1. The predicted octanol–water partition coefficient (Wildman–Crippen LogP) is 6.38.